The minimum absolute atomic E-state index is 0.311. The van der Waals surface area contributed by atoms with Crippen molar-refractivity contribution in [1.82, 2.24) is 25.5 Å². The lowest BCUT2D eigenvalue weighted by Gasteiger charge is -2.36. The van der Waals surface area contributed by atoms with Crippen molar-refractivity contribution in [3.05, 3.63) is 30.1 Å². The molecule has 2 aliphatic heterocycles. The molecule has 1 fully saturated rings. The van der Waals surface area contributed by atoms with Gasteiger partial charge in [0.2, 0.25) is 5.96 Å². The van der Waals surface area contributed by atoms with Crippen LogP contribution < -0.4 is 10.7 Å². The summed E-state index contributed by atoms with van der Waals surface area (Å²) in [5.74, 6) is 0.448. The maximum absolute atomic E-state index is 12.3. The molecule has 0 saturated carbocycles. The quantitative estimate of drug-likeness (QED) is 0.601. The van der Waals surface area contributed by atoms with Crippen LogP contribution in [0.15, 0.2) is 34.6 Å². The molecule has 0 bridgehead atoms. The van der Waals surface area contributed by atoms with E-state index in [9.17, 15) is 9.59 Å². The third-order valence-electron chi connectivity index (χ3n) is 4.01. The first-order valence-corrected chi connectivity index (χ1v) is 8.08. The number of pyridine rings is 1. The number of imide groups is 1. The van der Waals surface area contributed by atoms with E-state index in [0.717, 1.165) is 5.56 Å². The van der Waals surface area contributed by atoms with E-state index < -0.39 is 18.2 Å². The Morgan fingerprint density at radius 1 is 1.36 bits per heavy atom. The molecule has 2 unspecified atom stereocenters. The highest BCUT2D eigenvalue weighted by atomic mass is 16.2. The van der Waals surface area contributed by atoms with Gasteiger partial charge in [0.25, 0.3) is 5.91 Å². The topological polar surface area (TPSA) is 102 Å². The largest absolute Gasteiger partial charge is 0.325 e. The second-order valence-electron chi connectivity index (χ2n) is 6.41. The first-order valence-electron chi connectivity index (χ1n) is 8.08. The predicted octanol–water partition coefficient (Wildman–Crippen LogP) is 0.209. The molecule has 1 aromatic heterocycles. The number of carbonyl (C=O) groups is 2. The van der Waals surface area contributed by atoms with E-state index in [1.54, 1.807) is 25.7 Å². The molecule has 3 heterocycles. The van der Waals surface area contributed by atoms with Crippen molar-refractivity contribution in [2.24, 2.45) is 16.0 Å². The van der Waals surface area contributed by atoms with E-state index in [1.165, 1.54) is 4.90 Å². The number of amides is 3. The van der Waals surface area contributed by atoms with Crippen LogP contribution in [0.4, 0.5) is 4.79 Å². The van der Waals surface area contributed by atoms with Gasteiger partial charge in [0, 0.05) is 26.0 Å². The molecule has 9 nitrogen and oxygen atoms in total. The van der Waals surface area contributed by atoms with E-state index >= 15 is 0 Å². The number of rotatable bonds is 4. The number of hydrogen-bond donors (Lipinski definition) is 2. The van der Waals surface area contributed by atoms with Gasteiger partial charge in [0.15, 0.2) is 12.2 Å². The summed E-state index contributed by atoms with van der Waals surface area (Å²) in [5, 5.41) is 6.56. The lowest BCUT2D eigenvalue weighted by Crippen LogP contribution is -2.64. The number of nitrogens with one attached hydrogen (secondary N) is 2. The summed E-state index contributed by atoms with van der Waals surface area (Å²) in [4.78, 5) is 35.9. The normalized spacial score (nSPS) is 23.1. The molecule has 3 rings (SSSR count). The third-order valence-corrected chi connectivity index (χ3v) is 4.01. The molecule has 1 saturated heterocycles. The fourth-order valence-electron chi connectivity index (χ4n) is 2.83. The Morgan fingerprint density at radius 3 is 2.76 bits per heavy atom. The Balaban J connectivity index is 1.81. The summed E-state index contributed by atoms with van der Waals surface area (Å²) < 4.78 is 0. The molecule has 25 heavy (non-hydrogen) atoms. The van der Waals surface area contributed by atoms with Gasteiger partial charge < -0.3 is 9.80 Å². The molecule has 0 aromatic carbocycles. The van der Waals surface area contributed by atoms with Crippen LogP contribution >= 0.6 is 0 Å². The number of likely N-dealkylation sites (N-methyl/N-ethyl adjacent to an activating group) is 1. The first kappa shape index (κ1) is 16.9. The van der Waals surface area contributed by atoms with E-state index in [2.05, 4.69) is 39.7 Å². The highest BCUT2D eigenvalue weighted by molar-refractivity contribution is 6.03. The number of fused-ring (bicyclic) bond motifs is 1. The number of nitrogens with zero attached hydrogens (tertiary/aromatic N) is 5. The number of carbonyl (C=O) groups excluding carboxylic acids is 2. The maximum atomic E-state index is 12.3. The predicted molar refractivity (Wildman–Crippen MR) is 92.8 cm³/mol. The molecular weight excluding hydrogens is 322 g/mol. The smallest absolute Gasteiger partial charge is 0.325 e. The monoisotopic (exact) mass is 343 g/mol. The molecule has 2 N–H and O–H groups in total. The van der Waals surface area contributed by atoms with Crippen LogP contribution in [0, 0.1) is 5.92 Å². The molecule has 1 aromatic rings. The zero-order chi connectivity index (χ0) is 18.0. The number of hydrogen-bond acceptors (Lipinski definition) is 7. The van der Waals surface area contributed by atoms with Gasteiger partial charge >= 0.3 is 6.03 Å². The summed E-state index contributed by atoms with van der Waals surface area (Å²) in [6, 6.07) is 2.66. The van der Waals surface area contributed by atoms with E-state index in [4.69, 9.17) is 0 Å². The standard InChI is InChI=1S/C16H21N7O2/c1-10(2)9-23-12-13(22(3)16(25)20-14(12)24)19-15(23)21-18-8-11-4-6-17-7-5-11/h4-8,10,12-13H,9H2,1-3H3,(H,19,21)(H,20,24,25)/b18-8+. The highest BCUT2D eigenvalue weighted by Gasteiger charge is 2.48. The molecule has 0 aliphatic carbocycles. The van der Waals surface area contributed by atoms with Crippen molar-refractivity contribution in [2.75, 3.05) is 13.6 Å². The van der Waals surface area contributed by atoms with Crippen molar-refractivity contribution in [1.29, 1.82) is 0 Å². The zero-order valence-electron chi connectivity index (χ0n) is 14.4. The van der Waals surface area contributed by atoms with Crippen LogP contribution in [-0.2, 0) is 4.79 Å². The van der Waals surface area contributed by atoms with Crippen molar-refractivity contribution in [3.63, 3.8) is 0 Å². The highest BCUT2D eigenvalue weighted by Crippen LogP contribution is 2.24. The number of urea groups is 1. The minimum Gasteiger partial charge on any atom is -0.325 e. The Labute approximate surface area is 145 Å². The van der Waals surface area contributed by atoms with E-state index in [0.29, 0.717) is 18.4 Å². The summed E-state index contributed by atoms with van der Waals surface area (Å²) in [6.45, 7) is 4.73. The van der Waals surface area contributed by atoms with Crippen LogP contribution in [0.2, 0.25) is 0 Å². The van der Waals surface area contributed by atoms with Crippen LogP contribution in [0.3, 0.4) is 0 Å². The van der Waals surface area contributed by atoms with E-state index in [-0.39, 0.29) is 5.91 Å². The van der Waals surface area contributed by atoms with Gasteiger partial charge in [-0.05, 0) is 23.6 Å². The van der Waals surface area contributed by atoms with Gasteiger partial charge in [0.05, 0.1) is 6.21 Å². The molecule has 2 aliphatic rings. The minimum atomic E-state index is -0.557. The molecule has 0 spiro atoms. The average molecular weight is 343 g/mol. The van der Waals surface area contributed by atoms with Crippen LogP contribution in [0.5, 0.6) is 0 Å². The van der Waals surface area contributed by atoms with Crippen molar-refractivity contribution in [2.45, 2.75) is 26.1 Å². The Hall–Kier alpha value is -2.97. The maximum Gasteiger partial charge on any atom is 0.325 e. The molecule has 3 amide bonds. The third kappa shape index (κ3) is 3.44. The average Bonchev–Trinajstić information content (AvgIpc) is 2.92. The summed E-state index contributed by atoms with van der Waals surface area (Å²) in [6.07, 6.45) is 4.45. The lowest BCUT2D eigenvalue weighted by atomic mass is 10.1. The fraction of sp³-hybridized carbons (Fsp3) is 0.438. The molecule has 9 heteroatoms. The number of aliphatic imine (C=N–C) groups is 1. The SMILES string of the molecule is CC(C)CN1C(N/N=C/c2ccncc2)=NC2C1C(=O)NC(=O)N2C. The Kier molecular flexibility index (Phi) is 4.64. The second kappa shape index (κ2) is 6.88. The van der Waals surface area contributed by atoms with Gasteiger partial charge in [-0.2, -0.15) is 5.10 Å². The van der Waals surface area contributed by atoms with Crippen LogP contribution in [0.1, 0.15) is 19.4 Å². The second-order valence-corrected chi connectivity index (χ2v) is 6.41. The number of hydrazone groups is 1. The Bertz CT molecular complexity index is 716. The zero-order valence-corrected chi connectivity index (χ0v) is 14.4. The first-order chi connectivity index (χ1) is 12.0. The van der Waals surface area contributed by atoms with Crippen molar-refractivity contribution >= 4 is 24.1 Å². The van der Waals surface area contributed by atoms with Crippen LogP contribution in [-0.4, -0.2) is 64.7 Å². The van der Waals surface area contributed by atoms with Gasteiger partial charge in [-0.1, -0.05) is 13.8 Å². The number of aromatic nitrogens is 1. The Morgan fingerprint density at radius 2 is 2.08 bits per heavy atom. The van der Waals surface area contributed by atoms with Gasteiger partial charge in [-0.15, -0.1) is 0 Å². The van der Waals surface area contributed by atoms with Gasteiger partial charge in [-0.25, -0.2) is 15.2 Å². The molecule has 0 radical (unpaired) electrons. The fourth-order valence-corrected chi connectivity index (χ4v) is 2.83. The van der Waals surface area contributed by atoms with Crippen molar-refractivity contribution < 1.29 is 9.59 Å². The lowest BCUT2D eigenvalue weighted by molar-refractivity contribution is -0.127. The molecular formula is C16H21N7O2. The van der Waals surface area contributed by atoms with E-state index in [1.807, 2.05) is 17.0 Å². The molecule has 132 valence electrons. The number of guanidine groups is 1. The van der Waals surface area contributed by atoms with Crippen LogP contribution in [0.25, 0.3) is 0 Å². The van der Waals surface area contributed by atoms with Crippen molar-refractivity contribution in [3.8, 4) is 0 Å². The summed E-state index contributed by atoms with van der Waals surface area (Å²) >= 11 is 0. The summed E-state index contributed by atoms with van der Waals surface area (Å²) in [5.41, 5.74) is 3.79. The molecule has 2 atom stereocenters. The van der Waals surface area contributed by atoms with Gasteiger partial charge in [0.1, 0.15) is 0 Å². The summed E-state index contributed by atoms with van der Waals surface area (Å²) in [7, 11) is 1.62. The van der Waals surface area contributed by atoms with Gasteiger partial charge in [-0.3, -0.25) is 15.1 Å².